The molecule has 0 aromatic rings. The van der Waals surface area contributed by atoms with E-state index in [4.69, 9.17) is 19.2 Å². The van der Waals surface area contributed by atoms with Crippen LogP contribution in [0, 0.1) is 0 Å². The van der Waals surface area contributed by atoms with E-state index in [1.165, 1.54) is 73.2 Å². The smallest absolute Gasteiger partial charge is 0.426 e. The molecule has 0 aliphatic heterocycles. The fraction of sp³-hybridized carbons (Fsp3) is 1.00. The van der Waals surface area contributed by atoms with Gasteiger partial charge in [-0.1, -0.05) is 0 Å². The van der Waals surface area contributed by atoms with E-state index in [-0.39, 0.29) is 0 Å². The van der Waals surface area contributed by atoms with Crippen LogP contribution in [0.5, 0.6) is 0 Å². The van der Waals surface area contributed by atoms with Crippen molar-refractivity contribution in [2.24, 2.45) is 0 Å². The van der Waals surface area contributed by atoms with E-state index in [2.05, 4.69) is 22.1 Å². The molecule has 0 unspecified atom stereocenters. The van der Waals surface area contributed by atoms with Crippen molar-refractivity contribution in [3.05, 3.63) is 0 Å². The van der Waals surface area contributed by atoms with Gasteiger partial charge >= 0.3 is 95.3 Å². The molecule has 0 heterocycles. The molecule has 0 N–H and O–H groups in total. The standard InChI is InChI=1S/4CH3.O4Si.4Zn/c;;;;1-5(2,3)4;;;;/h4*1H3;;;;;/q;;;;-4;4*+1. The number of hydrogen-bond acceptors (Lipinski definition) is 4. The third-order valence-electron chi connectivity index (χ3n) is 0. The Balaban J connectivity index is -0.0000000230. The first kappa shape index (κ1) is 29.6. The maximum Gasteiger partial charge on any atom is -0.426 e. The van der Waals surface area contributed by atoms with Gasteiger partial charge in [0, 0.05) is 0 Å². The molecule has 0 saturated carbocycles. The summed E-state index contributed by atoms with van der Waals surface area (Å²) < 4.78 is 0. The van der Waals surface area contributed by atoms with E-state index in [9.17, 15) is 0 Å². The van der Waals surface area contributed by atoms with E-state index in [1.807, 2.05) is 0 Å². The molecule has 0 aliphatic rings. The van der Waals surface area contributed by atoms with Crippen LogP contribution in [-0.4, -0.2) is 9.05 Å². The van der Waals surface area contributed by atoms with Gasteiger partial charge in [-0.15, -0.1) is 0 Å². The van der Waals surface area contributed by atoms with Gasteiger partial charge in [-0.25, -0.2) is 0 Å². The second kappa shape index (κ2) is 36.5. The fourth-order valence-corrected chi connectivity index (χ4v) is 0. The van der Waals surface area contributed by atoms with Gasteiger partial charge in [-0.2, -0.15) is 0 Å². The third kappa shape index (κ3) is 352. The van der Waals surface area contributed by atoms with Crippen molar-refractivity contribution in [1.29, 1.82) is 0 Å². The maximum atomic E-state index is 8.58. The second-order valence-electron chi connectivity index (χ2n) is 0.500. The van der Waals surface area contributed by atoms with Crippen LogP contribution in [-0.2, 0) is 73.2 Å². The first-order chi connectivity index (χ1) is 6.00. The Morgan fingerprint density at radius 2 is 0.538 bits per heavy atom. The van der Waals surface area contributed by atoms with Gasteiger partial charge in [0.25, 0.3) is 0 Å². The molecule has 9 heteroatoms. The van der Waals surface area contributed by atoms with Crippen molar-refractivity contribution in [2.45, 2.75) is 22.1 Å². The van der Waals surface area contributed by atoms with Crippen molar-refractivity contribution >= 4 is 9.05 Å². The molecule has 13 heavy (non-hydrogen) atoms. The Hall–Kier alpha value is 2.55. The van der Waals surface area contributed by atoms with E-state index in [0.717, 1.165) is 0 Å². The van der Waals surface area contributed by atoms with Gasteiger partial charge in [0.1, 0.15) is 0 Å². The zero-order valence-corrected chi connectivity index (χ0v) is 21.8. The van der Waals surface area contributed by atoms with Crippen molar-refractivity contribution in [2.75, 3.05) is 0 Å². The van der Waals surface area contributed by atoms with Crippen molar-refractivity contribution in [3.63, 3.8) is 0 Å². The van der Waals surface area contributed by atoms with Gasteiger partial charge in [0.2, 0.25) is 0 Å². The molecule has 4 nitrogen and oxygen atoms in total. The van der Waals surface area contributed by atoms with Crippen molar-refractivity contribution in [3.8, 4) is 0 Å². The SMILES string of the molecule is [CH3][Zn+].[CH3][Zn+].[CH3][Zn+].[CH3][Zn+].[O-][Si]([O-])([O-])[O-]. The molecule has 0 fully saturated rings. The molecule has 0 radical (unpaired) electrons. The Bertz CT molecular complexity index is 39.6. The second-order valence-corrected chi connectivity index (χ2v) is 1.50. The zero-order chi connectivity index (χ0) is 12.5. The van der Waals surface area contributed by atoms with Crippen molar-refractivity contribution < 1.29 is 92.4 Å². The number of hydrogen-bond donors (Lipinski definition) is 0. The normalized spacial score (nSPS) is 6.77. The summed E-state index contributed by atoms with van der Waals surface area (Å²) in [5, 5.41) is 0. The van der Waals surface area contributed by atoms with Crippen LogP contribution in [0.3, 0.4) is 0 Å². The molecule has 0 atom stereocenters. The molecule has 0 bridgehead atoms. The molecule has 0 saturated heterocycles. The van der Waals surface area contributed by atoms with E-state index >= 15 is 0 Å². The molecule has 64 valence electrons. The predicted molar refractivity (Wildman–Crippen MR) is 29.2 cm³/mol. The molecular weight excluding hydrogens is 402 g/mol. The third-order valence-corrected chi connectivity index (χ3v) is 0. The van der Waals surface area contributed by atoms with Gasteiger partial charge in [-0.3, -0.25) is 0 Å². The summed E-state index contributed by atoms with van der Waals surface area (Å²) in [5.74, 6) is 0. The molecule has 0 aromatic heterocycles. The summed E-state index contributed by atoms with van der Waals surface area (Å²) >= 11 is 5.50. The maximum absolute atomic E-state index is 8.58. The Kier molecular flexibility index (Phi) is 83.1. The van der Waals surface area contributed by atoms with Gasteiger partial charge in [0.15, 0.2) is 0 Å². The van der Waals surface area contributed by atoms with Crippen LogP contribution in [0.15, 0.2) is 0 Å². The van der Waals surface area contributed by atoms with Crippen LogP contribution < -0.4 is 19.2 Å². The predicted octanol–water partition coefficient (Wildman–Crippen LogP) is -2.81. The summed E-state index contributed by atoms with van der Waals surface area (Å²) in [6.45, 7) is 0. The number of rotatable bonds is 0. The molecular formula is C4H12O4SiZn4. The Morgan fingerprint density at radius 1 is 0.538 bits per heavy atom. The van der Waals surface area contributed by atoms with Crippen LogP contribution >= 0.6 is 0 Å². The van der Waals surface area contributed by atoms with Gasteiger partial charge in [0.05, 0.1) is 0 Å². The largest absolute Gasteiger partial charge is 0.894 e. The van der Waals surface area contributed by atoms with Crippen LogP contribution in [0.2, 0.25) is 22.1 Å². The fourth-order valence-electron chi connectivity index (χ4n) is 0. The molecule has 0 rings (SSSR count). The van der Waals surface area contributed by atoms with Gasteiger partial charge in [-0.05, 0) is 0 Å². The van der Waals surface area contributed by atoms with E-state index in [0.29, 0.717) is 0 Å². The molecule has 0 amide bonds. The summed E-state index contributed by atoms with van der Waals surface area (Å²) in [6.07, 6.45) is 0. The minimum Gasteiger partial charge on any atom is -0.894 e. The van der Waals surface area contributed by atoms with Crippen LogP contribution in [0.25, 0.3) is 0 Å². The van der Waals surface area contributed by atoms with Crippen molar-refractivity contribution in [1.82, 2.24) is 0 Å². The monoisotopic (exact) mass is 408 g/mol. The first-order valence-corrected chi connectivity index (χ1v) is 17.1. The summed E-state index contributed by atoms with van der Waals surface area (Å²) in [5.41, 5.74) is 8.50. The van der Waals surface area contributed by atoms with Crippen LogP contribution in [0.1, 0.15) is 0 Å². The molecule has 0 aromatic carbocycles. The summed E-state index contributed by atoms with van der Waals surface area (Å²) in [7, 11) is -5.61. The van der Waals surface area contributed by atoms with E-state index < -0.39 is 9.05 Å². The Labute approximate surface area is 122 Å². The minimum absolute atomic E-state index is 1.38. The quantitative estimate of drug-likeness (QED) is 0.401. The summed E-state index contributed by atoms with van der Waals surface area (Å²) in [4.78, 5) is 34.3. The Morgan fingerprint density at radius 3 is 0.538 bits per heavy atom. The minimum atomic E-state index is -5.61. The van der Waals surface area contributed by atoms with Gasteiger partial charge < -0.3 is 28.2 Å². The molecule has 0 aliphatic carbocycles. The summed E-state index contributed by atoms with van der Waals surface area (Å²) in [6, 6.07) is 0. The molecule has 0 spiro atoms. The van der Waals surface area contributed by atoms with Crippen LogP contribution in [0.4, 0.5) is 0 Å². The first-order valence-electron chi connectivity index (χ1n) is 3.64. The average molecular weight is 414 g/mol. The topological polar surface area (TPSA) is 92.2 Å². The van der Waals surface area contributed by atoms with E-state index in [1.54, 1.807) is 0 Å². The average Bonchev–Trinajstić information content (AvgIpc) is 2.14. The zero-order valence-electron chi connectivity index (χ0n) is 8.96.